The van der Waals surface area contributed by atoms with E-state index in [1.54, 1.807) is 0 Å². The summed E-state index contributed by atoms with van der Waals surface area (Å²) in [5.41, 5.74) is 1.32. The van der Waals surface area contributed by atoms with Gasteiger partial charge in [-0.1, -0.05) is 35.9 Å². The van der Waals surface area contributed by atoms with Crippen LogP contribution in [0.25, 0.3) is 0 Å². The first-order chi connectivity index (χ1) is 4.81. The predicted octanol–water partition coefficient (Wildman–Crippen LogP) is 1.79. The van der Waals surface area contributed by atoms with E-state index in [0.29, 0.717) is 0 Å². The summed E-state index contributed by atoms with van der Waals surface area (Å²) < 4.78 is 0. The van der Waals surface area contributed by atoms with Crippen LogP contribution < -0.4 is 0 Å². The smallest absolute Gasteiger partial charge is 0.0398 e. The van der Waals surface area contributed by atoms with Gasteiger partial charge in [0.2, 0.25) is 0 Å². The Balaban J connectivity index is 0.000000236. The number of rotatable bonds is 0. The van der Waals surface area contributed by atoms with Crippen molar-refractivity contribution in [3.63, 3.8) is 0 Å². The van der Waals surface area contributed by atoms with E-state index in [0.717, 1.165) is 16.5 Å². The molecule has 0 atom stereocenters. The van der Waals surface area contributed by atoms with Crippen molar-refractivity contribution in [2.75, 3.05) is 0 Å². The first kappa shape index (κ1) is 9.76. The molecule has 1 aromatic rings. The van der Waals surface area contributed by atoms with Crippen LogP contribution in [0, 0.1) is 6.92 Å². The van der Waals surface area contributed by atoms with Gasteiger partial charge in [0, 0.05) is 0 Å². The molecule has 0 heterocycles. The summed E-state index contributed by atoms with van der Waals surface area (Å²) in [6.07, 6.45) is 0. The van der Waals surface area contributed by atoms with Crippen molar-refractivity contribution in [3.8, 4) is 0 Å². The molecule has 0 unspecified atom stereocenters. The molecule has 56 valence electrons. The Kier molecular flexibility index (Phi) is 6.71. The number of hydrogen-bond donors (Lipinski definition) is 0. The molecule has 0 spiro atoms. The van der Waals surface area contributed by atoms with Gasteiger partial charge >= 0.3 is 28.7 Å². The standard InChI is InChI=1S/C7H8.C2H8Ge/c1-7-5-3-2-4-6-7;1-2-3/h2-6H,1H3;2H2,1,3H3. The molecule has 0 saturated carbocycles. The quantitative estimate of drug-likeness (QED) is 0.556. The molecule has 0 aliphatic carbocycles. The molecule has 1 heteroatoms. The maximum atomic E-state index is 2.21. The van der Waals surface area contributed by atoms with Crippen molar-refractivity contribution in [1.82, 2.24) is 0 Å². The Labute approximate surface area is 71.9 Å². The van der Waals surface area contributed by atoms with Gasteiger partial charge < -0.3 is 0 Å². The monoisotopic (exact) mass is 198 g/mol. The van der Waals surface area contributed by atoms with E-state index in [9.17, 15) is 0 Å². The molecule has 0 bridgehead atoms. The Bertz CT molecular complexity index is 146. The second kappa shape index (κ2) is 6.88. The molecule has 0 aliphatic rings. The number of aryl methyl sites for hydroxylation is 1. The normalized spacial score (nSPS) is 8.20. The van der Waals surface area contributed by atoms with Gasteiger partial charge in [-0.25, -0.2) is 0 Å². The van der Waals surface area contributed by atoms with E-state index in [2.05, 4.69) is 26.0 Å². The Morgan fingerprint density at radius 2 is 1.60 bits per heavy atom. The third kappa shape index (κ3) is 5.89. The van der Waals surface area contributed by atoms with Gasteiger partial charge in [0.1, 0.15) is 0 Å². The molecule has 1 rings (SSSR count). The van der Waals surface area contributed by atoms with E-state index >= 15 is 0 Å². The summed E-state index contributed by atoms with van der Waals surface area (Å²) in [6, 6.07) is 10.3. The summed E-state index contributed by atoms with van der Waals surface area (Å²) >= 11 is 1.10. The van der Waals surface area contributed by atoms with Crippen LogP contribution in [-0.2, 0) is 0 Å². The zero-order valence-corrected chi connectivity index (χ0v) is 11.3. The van der Waals surface area contributed by atoms with Crippen LogP contribution in [0.1, 0.15) is 12.5 Å². The van der Waals surface area contributed by atoms with Gasteiger partial charge in [-0.05, 0) is 6.92 Å². The number of benzene rings is 1. The molecule has 0 aliphatic heterocycles. The van der Waals surface area contributed by atoms with Crippen LogP contribution in [0.3, 0.4) is 0 Å². The number of hydrogen-bond acceptors (Lipinski definition) is 0. The van der Waals surface area contributed by atoms with Gasteiger partial charge in [0.05, 0.1) is 0 Å². The summed E-state index contributed by atoms with van der Waals surface area (Å²) in [6.45, 7) is 4.29. The third-order valence-electron chi connectivity index (χ3n) is 0.940. The average Bonchev–Trinajstić information content (AvgIpc) is 1.91. The van der Waals surface area contributed by atoms with Crippen molar-refractivity contribution in [2.45, 2.75) is 19.1 Å². The second-order valence-electron chi connectivity index (χ2n) is 2.36. The zero-order chi connectivity index (χ0) is 7.82. The Hall–Kier alpha value is -0.237. The van der Waals surface area contributed by atoms with Crippen molar-refractivity contribution in [2.24, 2.45) is 0 Å². The summed E-state index contributed by atoms with van der Waals surface area (Å²) in [5.74, 6) is 0. The third-order valence-corrected chi connectivity index (χ3v) is 0.940. The van der Waals surface area contributed by atoms with Crippen LogP contribution in [0.15, 0.2) is 30.3 Å². The largest absolute Gasteiger partial charge is 0.0622 e. The van der Waals surface area contributed by atoms with Crippen LogP contribution in [0.5, 0.6) is 0 Å². The second-order valence-corrected chi connectivity index (χ2v) is 5.33. The van der Waals surface area contributed by atoms with E-state index in [4.69, 9.17) is 0 Å². The SMILES string of the molecule is C[CH2][GeH3].Cc1ccccc1. The summed E-state index contributed by atoms with van der Waals surface area (Å²) in [7, 11) is 0. The minimum Gasteiger partial charge on any atom is -0.0622 e. The molecule has 0 fully saturated rings. The fourth-order valence-electron chi connectivity index (χ4n) is 0.534. The molecule has 10 heavy (non-hydrogen) atoms. The van der Waals surface area contributed by atoms with Crippen LogP contribution in [0.4, 0.5) is 0 Å². The average molecular weight is 197 g/mol. The predicted molar refractivity (Wildman–Crippen MR) is 51.6 cm³/mol. The van der Waals surface area contributed by atoms with Gasteiger partial charge in [-0.2, -0.15) is 0 Å². The molecule has 0 amide bonds. The van der Waals surface area contributed by atoms with Crippen molar-refractivity contribution < 1.29 is 0 Å². The van der Waals surface area contributed by atoms with Crippen LogP contribution in [-0.4, -0.2) is 16.5 Å². The fourth-order valence-corrected chi connectivity index (χ4v) is 0.534. The molecule has 0 aromatic heterocycles. The van der Waals surface area contributed by atoms with Crippen LogP contribution >= 0.6 is 0 Å². The Morgan fingerprint density at radius 3 is 1.80 bits per heavy atom. The first-order valence-corrected chi connectivity index (χ1v) is 6.79. The van der Waals surface area contributed by atoms with Gasteiger partial charge in [0.25, 0.3) is 0 Å². The molecule has 0 nitrogen and oxygen atoms in total. The van der Waals surface area contributed by atoms with E-state index in [1.165, 1.54) is 10.8 Å². The molecule has 1 aromatic carbocycles. The van der Waals surface area contributed by atoms with E-state index in [1.807, 2.05) is 18.2 Å². The summed E-state index contributed by atoms with van der Waals surface area (Å²) in [5, 5.41) is 1.44. The minimum absolute atomic E-state index is 1.10. The van der Waals surface area contributed by atoms with Gasteiger partial charge in [-0.3, -0.25) is 0 Å². The van der Waals surface area contributed by atoms with Gasteiger partial charge in [0.15, 0.2) is 0 Å². The van der Waals surface area contributed by atoms with Crippen molar-refractivity contribution in [1.29, 1.82) is 0 Å². The first-order valence-electron chi connectivity index (χ1n) is 3.82. The zero-order valence-electron chi connectivity index (χ0n) is 7.09. The topological polar surface area (TPSA) is 0 Å². The van der Waals surface area contributed by atoms with E-state index in [-0.39, 0.29) is 0 Å². The fraction of sp³-hybridized carbons (Fsp3) is 0.333. The Morgan fingerprint density at radius 1 is 1.20 bits per heavy atom. The molecule has 0 radical (unpaired) electrons. The van der Waals surface area contributed by atoms with Gasteiger partial charge in [-0.15, -0.1) is 0 Å². The minimum atomic E-state index is 1.10. The molecule has 0 N–H and O–H groups in total. The van der Waals surface area contributed by atoms with Crippen LogP contribution in [0.2, 0.25) is 5.25 Å². The van der Waals surface area contributed by atoms with E-state index < -0.39 is 0 Å². The van der Waals surface area contributed by atoms with Crippen molar-refractivity contribution >= 4 is 16.5 Å². The summed E-state index contributed by atoms with van der Waals surface area (Å²) in [4.78, 5) is 0. The molecular formula is C9H16Ge. The molecular weight excluding hydrogens is 181 g/mol. The molecule has 0 saturated heterocycles. The maximum absolute atomic E-state index is 2.21. The maximum Gasteiger partial charge on any atom is -0.0398 e. The van der Waals surface area contributed by atoms with Crippen molar-refractivity contribution in [3.05, 3.63) is 35.9 Å².